The van der Waals surface area contributed by atoms with Crippen LogP contribution in [0.4, 0.5) is 5.69 Å². The van der Waals surface area contributed by atoms with Gasteiger partial charge in [0.2, 0.25) is 5.91 Å². The number of phenolic OH excluding ortho intramolecular Hbond substituents is 1. The van der Waals surface area contributed by atoms with E-state index in [-0.39, 0.29) is 30.0 Å². The Morgan fingerprint density at radius 1 is 1.41 bits per heavy atom. The van der Waals surface area contributed by atoms with E-state index in [1.165, 1.54) is 0 Å². The highest BCUT2D eigenvalue weighted by Gasteiger charge is 2.18. The Balaban J connectivity index is 0.00000256. The summed E-state index contributed by atoms with van der Waals surface area (Å²) in [5, 5.41) is 12.2. The van der Waals surface area contributed by atoms with E-state index in [0.29, 0.717) is 5.69 Å². The maximum atomic E-state index is 11.7. The van der Waals surface area contributed by atoms with Crippen LogP contribution in [-0.4, -0.2) is 17.1 Å². The highest BCUT2D eigenvalue weighted by Crippen LogP contribution is 2.24. The van der Waals surface area contributed by atoms with Gasteiger partial charge in [-0.05, 0) is 30.5 Å². The van der Waals surface area contributed by atoms with Gasteiger partial charge >= 0.3 is 0 Å². The molecule has 0 aliphatic rings. The number of carbonyl (C=O) groups is 1. The summed E-state index contributed by atoms with van der Waals surface area (Å²) >= 11 is 0. The van der Waals surface area contributed by atoms with Gasteiger partial charge in [-0.2, -0.15) is 0 Å². The second kappa shape index (κ2) is 6.47. The van der Waals surface area contributed by atoms with E-state index >= 15 is 0 Å². The fourth-order valence-electron chi connectivity index (χ4n) is 1.27. The van der Waals surface area contributed by atoms with Crippen LogP contribution in [0.3, 0.4) is 0 Å². The fraction of sp³-hybridized carbons (Fsp3) is 0.417. The quantitative estimate of drug-likeness (QED) is 0.727. The third-order valence-corrected chi connectivity index (χ3v) is 2.43. The second-order valence-electron chi connectivity index (χ2n) is 4.28. The first kappa shape index (κ1) is 15.7. The molecule has 5 heteroatoms. The molecule has 0 aliphatic heterocycles. The normalized spacial score (nSPS) is 11.8. The number of phenols is 1. The molecule has 0 spiro atoms. The van der Waals surface area contributed by atoms with Gasteiger partial charge in [0.25, 0.3) is 0 Å². The highest BCUT2D eigenvalue weighted by molar-refractivity contribution is 5.96. The molecule has 1 aromatic rings. The Kier molecular flexibility index (Phi) is 5.99. The highest BCUT2D eigenvalue weighted by atomic mass is 35.5. The lowest BCUT2D eigenvalue weighted by molar-refractivity contribution is -0.118. The van der Waals surface area contributed by atoms with Crippen LogP contribution in [-0.2, 0) is 4.79 Å². The summed E-state index contributed by atoms with van der Waals surface area (Å²) in [6.45, 7) is 5.64. The van der Waals surface area contributed by atoms with Crippen molar-refractivity contribution in [3.8, 4) is 5.75 Å². The molecule has 1 amide bonds. The van der Waals surface area contributed by atoms with E-state index in [0.717, 1.165) is 5.56 Å². The van der Waals surface area contributed by atoms with Gasteiger partial charge in [0, 0.05) is 0 Å². The minimum atomic E-state index is -0.570. The van der Waals surface area contributed by atoms with Crippen molar-refractivity contribution in [1.82, 2.24) is 0 Å². The predicted octanol–water partition coefficient (Wildman–Crippen LogP) is 2.04. The van der Waals surface area contributed by atoms with Crippen molar-refractivity contribution >= 4 is 24.0 Å². The van der Waals surface area contributed by atoms with Crippen LogP contribution >= 0.6 is 12.4 Å². The Bertz CT molecular complexity index is 394. The third-order valence-electron chi connectivity index (χ3n) is 2.43. The molecule has 1 rings (SSSR count). The fourth-order valence-corrected chi connectivity index (χ4v) is 1.27. The number of nitrogens with one attached hydrogen (secondary N) is 1. The number of rotatable bonds is 3. The zero-order valence-electron chi connectivity index (χ0n) is 10.2. The average molecular weight is 259 g/mol. The van der Waals surface area contributed by atoms with Crippen molar-refractivity contribution in [2.24, 2.45) is 11.7 Å². The first-order valence-corrected chi connectivity index (χ1v) is 5.28. The second-order valence-corrected chi connectivity index (χ2v) is 4.28. The van der Waals surface area contributed by atoms with Crippen molar-refractivity contribution in [1.29, 1.82) is 0 Å². The van der Waals surface area contributed by atoms with Gasteiger partial charge in [0.1, 0.15) is 5.75 Å². The number of carbonyl (C=O) groups excluding carboxylic acids is 1. The summed E-state index contributed by atoms with van der Waals surface area (Å²) in [6, 6.07) is 4.46. The van der Waals surface area contributed by atoms with E-state index in [1.54, 1.807) is 18.2 Å². The zero-order valence-corrected chi connectivity index (χ0v) is 11.0. The SMILES string of the molecule is Cc1ccc(O)c(NC(=O)C(N)C(C)C)c1.Cl. The molecule has 1 unspecified atom stereocenters. The van der Waals surface area contributed by atoms with Gasteiger partial charge in [-0.15, -0.1) is 12.4 Å². The van der Waals surface area contributed by atoms with Crippen LogP contribution in [0.5, 0.6) is 5.75 Å². The number of aromatic hydroxyl groups is 1. The molecule has 4 N–H and O–H groups in total. The number of amides is 1. The molecule has 0 radical (unpaired) electrons. The number of halogens is 1. The van der Waals surface area contributed by atoms with Crippen molar-refractivity contribution in [2.45, 2.75) is 26.8 Å². The van der Waals surface area contributed by atoms with Crippen molar-refractivity contribution in [3.63, 3.8) is 0 Å². The predicted molar refractivity (Wildman–Crippen MR) is 71.5 cm³/mol. The van der Waals surface area contributed by atoms with E-state index in [4.69, 9.17) is 5.73 Å². The molecule has 0 bridgehead atoms. The molecule has 1 aromatic carbocycles. The van der Waals surface area contributed by atoms with Crippen LogP contribution in [0.1, 0.15) is 19.4 Å². The molecule has 4 nitrogen and oxygen atoms in total. The summed E-state index contributed by atoms with van der Waals surface area (Å²) in [7, 11) is 0. The maximum Gasteiger partial charge on any atom is 0.241 e. The van der Waals surface area contributed by atoms with Gasteiger partial charge < -0.3 is 16.2 Å². The Morgan fingerprint density at radius 2 is 2.00 bits per heavy atom. The van der Waals surface area contributed by atoms with Gasteiger partial charge in [0.15, 0.2) is 0 Å². The molecule has 0 heterocycles. The Morgan fingerprint density at radius 3 is 2.53 bits per heavy atom. The largest absolute Gasteiger partial charge is 0.506 e. The minimum Gasteiger partial charge on any atom is -0.506 e. The van der Waals surface area contributed by atoms with Crippen LogP contribution < -0.4 is 11.1 Å². The number of benzene rings is 1. The number of hydrogen-bond donors (Lipinski definition) is 3. The number of aryl methyl sites for hydroxylation is 1. The first-order valence-electron chi connectivity index (χ1n) is 5.28. The Hall–Kier alpha value is -1.26. The summed E-state index contributed by atoms with van der Waals surface area (Å²) < 4.78 is 0. The van der Waals surface area contributed by atoms with Crippen LogP contribution in [0.25, 0.3) is 0 Å². The lowest BCUT2D eigenvalue weighted by Crippen LogP contribution is -2.39. The maximum absolute atomic E-state index is 11.7. The summed E-state index contributed by atoms with van der Waals surface area (Å²) in [5.74, 6) is -0.169. The summed E-state index contributed by atoms with van der Waals surface area (Å²) in [6.07, 6.45) is 0. The zero-order chi connectivity index (χ0) is 12.3. The molecule has 17 heavy (non-hydrogen) atoms. The molecule has 96 valence electrons. The Labute approximate surface area is 108 Å². The molecule has 0 fully saturated rings. The number of hydrogen-bond acceptors (Lipinski definition) is 3. The van der Waals surface area contributed by atoms with Crippen molar-refractivity contribution < 1.29 is 9.90 Å². The summed E-state index contributed by atoms with van der Waals surface area (Å²) in [5.41, 5.74) is 7.07. The number of anilines is 1. The summed E-state index contributed by atoms with van der Waals surface area (Å²) in [4.78, 5) is 11.7. The lowest BCUT2D eigenvalue weighted by Gasteiger charge is -2.16. The van der Waals surface area contributed by atoms with E-state index in [1.807, 2.05) is 20.8 Å². The molecule has 0 saturated heterocycles. The molecular weight excluding hydrogens is 240 g/mol. The van der Waals surface area contributed by atoms with E-state index < -0.39 is 6.04 Å². The topological polar surface area (TPSA) is 75.3 Å². The third kappa shape index (κ3) is 4.24. The van der Waals surface area contributed by atoms with Crippen LogP contribution in [0.2, 0.25) is 0 Å². The monoisotopic (exact) mass is 258 g/mol. The molecule has 0 aliphatic carbocycles. The molecule has 0 aromatic heterocycles. The van der Waals surface area contributed by atoms with Gasteiger partial charge in [-0.3, -0.25) is 4.79 Å². The van der Waals surface area contributed by atoms with Gasteiger partial charge in [-0.1, -0.05) is 19.9 Å². The smallest absolute Gasteiger partial charge is 0.241 e. The molecular formula is C12H19ClN2O2. The van der Waals surface area contributed by atoms with E-state index in [2.05, 4.69) is 5.32 Å². The average Bonchev–Trinajstić information content (AvgIpc) is 2.22. The van der Waals surface area contributed by atoms with Crippen molar-refractivity contribution in [2.75, 3.05) is 5.32 Å². The number of nitrogens with two attached hydrogens (primary N) is 1. The van der Waals surface area contributed by atoms with E-state index in [9.17, 15) is 9.90 Å². The van der Waals surface area contributed by atoms with Crippen LogP contribution in [0, 0.1) is 12.8 Å². The first-order chi connectivity index (χ1) is 7.41. The standard InChI is InChI=1S/C12H18N2O2.ClH/c1-7(2)11(13)12(16)14-9-6-8(3)4-5-10(9)15;/h4-7,11,15H,13H2,1-3H3,(H,14,16);1H. The molecule has 1 atom stereocenters. The minimum absolute atomic E-state index is 0. The van der Waals surface area contributed by atoms with Crippen molar-refractivity contribution in [3.05, 3.63) is 23.8 Å². The van der Waals surface area contributed by atoms with Crippen LogP contribution in [0.15, 0.2) is 18.2 Å². The van der Waals surface area contributed by atoms with Gasteiger partial charge in [-0.25, -0.2) is 0 Å². The van der Waals surface area contributed by atoms with Gasteiger partial charge in [0.05, 0.1) is 11.7 Å². The molecule has 0 saturated carbocycles. The lowest BCUT2D eigenvalue weighted by atomic mass is 10.0.